The molecule has 0 spiro atoms. The molecule has 0 amide bonds. The Hall–Kier alpha value is -0.600. The van der Waals surface area contributed by atoms with Crippen molar-refractivity contribution < 1.29 is 0 Å². The van der Waals surface area contributed by atoms with Gasteiger partial charge < -0.3 is 0 Å². The Morgan fingerprint density at radius 1 is 1.22 bits per heavy atom. The Kier molecular flexibility index (Phi) is 0.845. The SMILES string of the molecule is CC1C2N=NNC1C2C. The molecule has 3 nitrogen and oxygen atoms in total. The first kappa shape index (κ1) is 5.21. The Labute approximate surface area is 54.5 Å². The molecule has 1 fully saturated rings. The normalized spacial score (nSPS) is 54.0. The van der Waals surface area contributed by atoms with Crippen LogP contribution in [0.15, 0.2) is 10.3 Å². The highest BCUT2D eigenvalue weighted by atomic mass is 15.5. The Morgan fingerprint density at radius 3 is 2.11 bits per heavy atom. The predicted octanol–water partition coefficient (Wildman–Crippen LogP) is 0.980. The van der Waals surface area contributed by atoms with E-state index in [0.29, 0.717) is 23.9 Å². The molecule has 0 saturated heterocycles. The van der Waals surface area contributed by atoms with Crippen LogP contribution in [0.2, 0.25) is 0 Å². The summed E-state index contributed by atoms with van der Waals surface area (Å²) in [5.41, 5.74) is 3.01. The van der Waals surface area contributed by atoms with Gasteiger partial charge in [0.1, 0.15) is 0 Å². The van der Waals surface area contributed by atoms with E-state index >= 15 is 0 Å². The summed E-state index contributed by atoms with van der Waals surface area (Å²) < 4.78 is 0. The van der Waals surface area contributed by atoms with Crippen LogP contribution in [0.25, 0.3) is 0 Å². The molecule has 50 valence electrons. The first-order chi connectivity index (χ1) is 4.30. The van der Waals surface area contributed by atoms with Gasteiger partial charge in [-0.15, -0.1) is 0 Å². The first-order valence-corrected chi connectivity index (χ1v) is 3.46. The van der Waals surface area contributed by atoms with Crippen LogP contribution < -0.4 is 5.43 Å². The molecule has 1 N–H and O–H groups in total. The topological polar surface area (TPSA) is 36.8 Å². The van der Waals surface area contributed by atoms with Crippen LogP contribution in [0.5, 0.6) is 0 Å². The maximum absolute atomic E-state index is 4.07. The molecule has 9 heavy (non-hydrogen) atoms. The van der Waals surface area contributed by atoms with Crippen molar-refractivity contribution in [2.45, 2.75) is 25.9 Å². The fourth-order valence-electron chi connectivity index (χ4n) is 1.85. The molecule has 0 radical (unpaired) electrons. The lowest BCUT2D eigenvalue weighted by Crippen LogP contribution is -2.60. The summed E-state index contributed by atoms with van der Waals surface area (Å²) in [7, 11) is 0. The van der Waals surface area contributed by atoms with Gasteiger partial charge in [0.05, 0.1) is 12.1 Å². The molecule has 0 aromatic carbocycles. The van der Waals surface area contributed by atoms with Crippen molar-refractivity contribution in [3.63, 3.8) is 0 Å². The zero-order chi connectivity index (χ0) is 6.43. The highest BCUT2D eigenvalue weighted by Crippen LogP contribution is 2.39. The van der Waals surface area contributed by atoms with Crippen LogP contribution in [0.3, 0.4) is 0 Å². The van der Waals surface area contributed by atoms with E-state index in [1.807, 2.05) is 0 Å². The van der Waals surface area contributed by atoms with E-state index in [2.05, 4.69) is 29.6 Å². The molecule has 2 heterocycles. The molecule has 1 aliphatic carbocycles. The first-order valence-electron chi connectivity index (χ1n) is 3.46. The third kappa shape index (κ3) is 0.471. The lowest BCUT2D eigenvalue weighted by atomic mass is 9.67. The van der Waals surface area contributed by atoms with Gasteiger partial charge in [0.2, 0.25) is 0 Å². The van der Waals surface area contributed by atoms with Gasteiger partial charge in [0.25, 0.3) is 0 Å². The smallest absolute Gasteiger partial charge is 0.0821 e. The van der Waals surface area contributed by atoms with Crippen LogP contribution >= 0.6 is 0 Å². The van der Waals surface area contributed by atoms with Crippen molar-refractivity contribution >= 4 is 0 Å². The Bertz CT molecular complexity index is 144. The minimum absolute atomic E-state index is 0.510. The number of hydrogen-bond donors (Lipinski definition) is 1. The molecule has 2 unspecified atom stereocenters. The van der Waals surface area contributed by atoms with Gasteiger partial charge in [-0.05, 0) is 0 Å². The second kappa shape index (κ2) is 1.46. The number of hydrogen-bond acceptors (Lipinski definition) is 3. The molecule has 3 heteroatoms. The highest BCUT2D eigenvalue weighted by Gasteiger charge is 2.47. The van der Waals surface area contributed by atoms with Crippen molar-refractivity contribution in [3.05, 3.63) is 0 Å². The Morgan fingerprint density at radius 2 is 1.89 bits per heavy atom. The lowest BCUT2D eigenvalue weighted by Gasteiger charge is -2.48. The maximum Gasteiger partial charge on any atom is 0.0821 e. The monoisotopic (exact) mass is 125 g/mol. The van der Waals surface area contributed by atoms with Crippen molar-refractivity contribution in [1.82, 2.24) is 5.43 Å². The van der Waals surface area contributed by atoms with Gasteiger partial charge in [-0.1, -0.05) is 19.1 Å². The number of nitrogens with zero attached hydrogens (tertiary/aromatic N) is 2. The average molecular weight is 125 g/mol. The van der Waals surface area contributed by atoms with Crippen molar-refractivity contribution in [3.8, 4) is 0 Å². The quantitative estimate of drug-likeness (QED) is 0.514. The number of rotatable bonds is 0. The second-order valence-corrected chi connectivity index (χ2v) is 3.08. The maximum atomic E-state index is 4.07. The van der Waals surface area contributed by atoms with Gasteiger partial charge >= 0.3 is 0 Å². The lowest BCUT2D eigenvalue weighted by molar-refractivity contribution is 0.0642. The van der Waals surface area contributed by atoms with E-state index in [1.165, 1.54) is 0 Å². The van der Waals surface area contributed by atoms with Crippen molar-refractivity contribution in [1.29, 1.82) is 0 Å². The summed E-state index contributed by atoms with van der Waals surface area (Å²) in [4.78, 5) is 0. The van der Waals surface area contributed by atoms with E-state index in [4.69, 9.17) is 0 Å². The van der Waals surface area contributed by atoms with Crippen LogP contribution in [0, 0.1) is 11.8 Å². The third-order valence-corrected chi connectivity index (χ3v) is 2.61. The van der Waals surface area contributed by atoms with Gasteiger partial charge in [-0.2, -0.15) is 5.11 Å². The summed E-state index contributed by atoms with van der Waals surface area (Å²) in [5, 5.41) is 7.86. The molecule has 0 aromatic rings. The van der Waals surface area contributed by atoms with Crippen molar-refractivity contribution in [2.24, 2.45) is 22.2 Å². The van der Waals surface area contributed by atoms with E-state index in [9.17, 15) is 0 Å². The van der Waals surface area contributed by atoms with Crippen LogP contribution in [-0.4, -0.2) is 12.1 Å². The van der Waals surface area contributed by atoms with Gasteiger partial charge in [-0.3, -0.25) is 5.43 Å². The minimum Gasteiger partial charge on any atom is -0.288 e. The van der Waals surface area contributed by atoms with E-state index in [0.717, 1.165) is 0 Å². The molecule has 1 saturated carbocycles. The standard InChI is InChI=1S/C6H11N3/c1-3-5-4(2)6(3)8-9-7-5/h3-6H,1-2H3,(H,7,8). The zero-order valence-electron chi connectivity index (χ0n) is 5.70. The number of nitrogens with one attached hydrogen (secondary N) is 1. The zero-order valence-corrected chi connectivity index (χ0v) is 5.70. The minimum atomic E-state index is 0.510. The molecule has 3 rings (SSSR count). The molecule has 2 atom stereocenters. The largest absolute Gasteiger partial charge is 0.288 e. The van der Waals surface area contributed by atoms with Crippen LogP contribution in [0.1, 0.15) is 13.8 Å². The summed E-state index contributed by atoms with van der Waals surface area (Å²) in [6, 6.07) is 1.11. The molecular weight excluding hydrogens is 114 g/mol. The molecular formula is C6H11N3. The molecule has 2 bridgehead atoms. The molecule has 0 aromatic heterocycles. The van der Waals surface area contributed by atoms with E-state index in [-0.39, 0.29) is 0 Å². The summed E-state index contributed by atoms with van der Waals surface area (Å²) in [5.74, 6) is 1.41. The van der Waals surface area contributed by atoms with Gasteiger partial charge in [0.15, 0.2) is 0 Å². The highest BCUT2D eigenvalue weighted by molar-refractivity contribution is 5.02. The summed E-state index contributed by atoms with van der Waals surface area (Å²) >= 11 is 0. The third-order valence-electron chi connectivity index (χ3n) is 2.61. The van der Waals surface area contributed by atoms with E-state index in [1.54, 1.807) is 0 Å². The Balaban J connectivity index is 2.21. The summed E-state index contributed by atoms with van der Waals surface area (Å²) in [6.45, 7) is 4.45. The van der Waals surface area contributed by atoms with Crippen LogP contribution in [-0.2, 0) is 0 Å². The average Bonchev–Trinajstić information content (AvgIpc) is 1.91. The predicted molar refractivity (Wildman–Crippen MR) is 33.9 cm³/mol. The van der Waals surface area contributed by atoms with Gasteiger partial charge in [-0.25, -0.2) is 0 Å². The molecule has 3 aliphatic rings. The van der Waals surface area contributed by atoms with Crippen LogP contribution in [0.4, 0.5) is 0 Å². The van der Waals surface area contributed by atoms with Gasteiger partial charge in [0, 0.05) is 11.8 Å². The summed E-state index contributed by atoms with van der Waals surface area (Å²) in [6.07, 6.45) is 0. The second-order valence-electron chi connectivity index (χ2n) is 3.08. The van der Waals surface area contributed by atoms with Crippen molar-refractivity contribution in [2.75, 3.05) is 0 Å². The number of fused-ring (bicyclic) bond motifs is 1. The van der Waals surface area contributed by atoms with E-state index < -0.39 is 0 Å². The fourth-order valence-corrected chi connectivity index (χ4v) is 1.85. The molecule has 2 aliphatic heterocycles. The fraction of sp³-hybridized carbons (Fsp3) is 1.00.